The summed E-state index contributed by atoms with van der Waals surface area (Å²) in [5.74, 6) is 2.68. The van der Waals surface area contributed by atoms with Gasteiger partial charge in [-0.15, -0.1) is 0 Å². The van der Waals surface area contributed by atoms with Crippen LogP contribution < -0.4 is 0 Å². The Morgan fingerprint density at radius 3 is 1.69 bits per heavy atom. The van der Waals surface area contributed by atoms with E-state index in [1.54, 1.807) is 0 Å². The average molecular weight is 410 g/mol. The molecule has 0 aliphatic carbocycles. The van der Waals surface area contributed by atoms with E-state index in [0.717, 1.165) is 17.8 Å². The van der Waals surface area contributed by atoms with E-state index in [4.69, 9.17) is 0 Å². The molecule has 0 N–H and O–H groups in total. The van der Waals surface area contributed by atoms with Crippen molar-refractivity contribution in [2.45, 2.75) is 144 Å². The third kappa shape index (κ3) is 19.7. The molecular weight excluding hydrogens is 350 g/mol. The van der Waals surface area contributed by atoms with Gasteiger partial charge >= 0.3 is 0 Å². The van der Waals surface area contributed by atoms with Crippen molar-refractivity contribution in [2.75, 3.05) is 19.6 Å². The summed E-state index contributed by atoms with van der Waals surface area (Å²) in [6.45, 7) is 18.3. The first-order valence-corrected chi connectivity index (χ1v) is 13.8. The van der Waals surface area contributed by atoms with Crippen molar-refractivity contribution in [2.24, 2.45) is 17.8 Å². The molecule has 0 bridgehead atoms. The Morgan fingerprint density at radius 2 is 1.14 bits per heavy atom. The molecule has 0 rings (SSSR count). The maximum absolute atomic E-state index is 2.84. The largest absolute Gasteiger partial charge is 0.303 e. The number of nitrogens with zero attached hydrogens (tertiary/aromatic N) is 1. The smallest absolute Gasteiger partial charge is 0.000955 e. The van der Waals surface area contributed by atoms with Crippen molar-refractivity contribution in [1.29, 1.82) is 0 Å². The second-order valence-corrected chi connectivity index (χ2v) is 10.4. The van der Waals surface area contributed by atoms with Crippen molar-refractivity contribution in [3.8, 4) is 0 Å². The van der Waals surface area contributed by atoms with Crippen molar-refractivity contribution >= 4 is 0 Å². The van der Waals surface area contributed by atoms with Crippen LogP contribution in [0, 0.1) is 17.8 Å². The summed E-state index contributed by atoms with van der Waals surface area (Å²) in [5, 5.41) is 0. The van der Waals surface area contributed by atoms with E-state index in [1.807, 2.05) is 0 Å². The third-order valence-corrected chi connectivity index (χ3v) is 6.68. The molecule has 0 aromatic heterocycles. The van der Waals surface area contributed by atoms with Gasteiger partial charge < -0.3 is 4.90 Å². The van der Waals surface area contributed by atoms with E-state index in [2.05, 4.69) is 46.4 Å². The van der Waals surface area contributed by atoms with E-state index >= 15 is 0 Å². The summed E-state index contributed by atoms with van der Waals surface area (Å²) in [4.78, 5) is 2.84. The summed E-state index contributed by atoms with van der Waals surface area (Å²) < 4.78 is 0. The van der Waals surface area contributed by atoms with E-state index in [1.165, 1.54) is 122 Å². The van der Waals surface area contributed by atoms with Gasteiger partial charge in [0.15, 0.2) is 0 Å². The van der Waals surface area contributed by atoms with Crippen LogP contribution >= 0.6 is 0 Å². The van der Waals surface area contributed by atoms with Gasteiger partial charge in [0.1, 0.15) is 0 Å². The number of hydrogen-bond acceptors (Lipinski definition) is 1. The summed E-state index contributed by atoms with van der Waals surface area (Å²) >= 11 is 0. The molecule has 0 aliphatic heterocycles. The van der Waals surface area contributed by atoms with E-state index < -0.39 is 0 Å². The van der Waals surface area contributed by atoms with Crippen LogP contribution in [-0.4, -0.2) is 24.5 Å². The Bertz CT molecular complexity index is 311. The van der Waals surface area contributed by atoms with Gasteiger partial charge in [-0.3, -0.25) is 0 Å². The molecule has 176 valence electrons. The second kappa shape index (κ2) is 21.2. The van der Waals surface area contributed by atoms with Crippen molar-refractivity contribution in [1.82, 2.24) is 4.90 Å². The van der Waals surface area contributed by atoms with Gasteiger partial charge in [-0.1, -0.05) is 119 Å². The van der Waals surface area contributed by atoms with Crippen molar-refractivity contribution < 1.29 is 0 Å². The standard InChI is InChI=1S/C28H59N/c1-7-10-12-13-14-15-16-18-22-29(25-28(9-3)21-11-8-2)23-19-17-20-27(6)24-26(4)5/h26-28H,7-25H2,1-6H3. The fraction of sp³-hybridized carbons (Fsp3) is 1.00. The minimum absolute atomic E-state index is 0.854. The van der Waals surface area contributed by atoms with Gasteiger partial charge in [0, 0.05) is 6.54 Å². The molecule has 0 heterocycles. The summed E-state index contributed by atoms with van der Waals surface area (Å²) in [7, 11) is 0. The van der Waals surface area contributed by atoms with Gasteiger partial charge in [0.05, 0.1) is 0 Å². The minimum Gasteiger partial charge on any atom is -0.303 e. The van der Waals surface area contributed by atoms with Gasteiger partial charge in [-0.05, 0) is 56.5 Å². The topological polar surface area (TPSA) is 3.24 Å². The van der Waals surface area contributed by atoms with Crippen LogP contribution in [0.2, 0.25) is 0 Å². The Labute approximate surface area is 186 Å². The van der Waals surface area contributed by atoms with E-state index in [0.29, 0.717) is 0 Å². The molecular formula is C28H59N. The van der Waals surface area contributed by atoms with Gasteiger partial charge in [0.25, 0.3) is 0 Å². The number of rotatable bonds is 22. The highest BCUT2D eigenvalue weighted by Crippen LogP contribution is 2.19. The zero-order valence-corrected chi connectivity index (χ0v) is 21.6. The van der Waals surface area contributed by atoms with Crippen molar-refractivity contribution in [3.05, 3.63) is 0 Å². The third-order valence-electron chi connectivity index (χ3n) is 6.68. The highest BCUT2D eigenvalue weighted by atomic mass is 15.1. The van der Waals surface area contributed by atoms with Crippen LogP contribution in [0.3, 0.4) is 0 Å². The maximum atomic E-state index is 2.84. The fourth-order valence-electron chi connectivity index (χ4n) is 4.80. The zero-order valence-electron chi connectivity index (χ0n) is 21.6. The lowest BCUT2D eigenvalue weighted by Crippen LogP contribution is -2.31. The molecule has 0 aliphatic rings. The molecule has 0 saturated heterocycles. The summed E-state index contributed by atoms with van der Waals surface area (Å²) in [6, 6.07) is 0. The normalized spacial score (nSPS) is 14.1. The predicted molar refractivity (Wildman–Crippen MR) is 135 cm³/mol. The highest BCUT2D eigenvalue weighted by Gasteiger charge is 2.13. The monoisotopic (exact) mass is 409 g/mol. The molecule has 0 aromatic carbocycles. The Balaban J connectivity index is 4.17. The first-order chi connectivity index (χ1) is 14.0. The maximum Gasteiger partial charge on any atom is 0.000955 e. The molecule has 0 amide bonds. The minimum atomic E-state index is 0.854. The van der Waals surface area contributed by atoms with Crippen LogP contribution in [0.15, 0.2) is 0 Å². The second-order valence-electron chi connectivity index (χ2n) is 10.4. The molecule has 0 spiro atoms. The molecule has 29 heavy (non-hydrogen) atoms. The summed E-state index contributed by atoms with van der Waals surface area (Å²) in [5.41, 5.74) is 0. The van der Waals surface area contributed by atoms with Crippen molar-refractivity contribution in [3.63, 3.8) is 0 Å². The lowest BCUT2D eigenvalue weighted by Gasteiger charge is -2.27. The Hall–Kier alpha value is -0.0400. The molecule has 0 aromatic rings. The molecule has 1 nitrogen and oxygen atoms in total. The SMILES string of the molecule is CCCCCCCCCCN(CCCCC(C)CC(C)C)CC(CC)CCCC. The van der Waals surface area contributed by atoms with Crippen LogP contribution in [-0.2, 0) is 0 Å². The molecule has 2 atom stereocenters. The highest BCUT2D eigenvalue weighted by molar-refractivity contribution is 4.67. The Kier molecular flexibility index (Phi) is 21.2. The molecule has 1 heteroatoms. The quantitative estimate of drug-likeness (QED) is 0.161. The van der Waals surface area contributed by atoms with Crippen LogP contribution in [0.5, 0.6) is 0 Å². The first kappa shape index (κ1) is 29.0. The zero-order chi connectivity index (χ0) is 21.7. The van der Waals surface area contributed by atoms with Crippen LogP contribution in [0.25, 0.3) is 0 Å². The van der Waals surface area contributed by atoms with E-state index in [-0.39, 0.29) is 0 Å². The fourth-order valence-corrected chi connectivity index (χ4v) is 4.80. The first-order valence-electron chi connectivity index (χ1n) is 13.8. The van der Waals surface area contributed by atoms with Crippen LogP contribution in [0.4, 0.5) is 0 Å². The molecule has 0 radical (unpaired) electrons. The lowest BCUT2D eigenvalue weighted by atomic mass is 9.94. The van der Waals surface area contributed by atoms with E-state index in [9.17, 15) is 0 Å². The average Bonchev–Trinajstić information content (AvgIpc) is 2.69. The molecule has 2 unspecified atom stereocenters. The van der Waals surface area contributed by atoms with Gasteiger partial charge in [0.2, 0.25) is 0 Å². The molecule has 0 fully saturated rings. The lowest BCUT2D eigenvalue weighted by molar-refractivity contribution is 0.208. The number of unbranched alkanes of at least 4 members (excludes halogenated alkanes) is 9. The molecule has 0 saturated carbocycles. The Morgan fingerprint density at radius 1 is 0.586 bits per heavy atom. The van der Waals surface area contributed by atoms with Crippen LogP contribution in [0.1, 0.15) is 144 Å². The van der Waals surface area contributed by atoms with Gasteiger partial charge in [-0.2, -0.15) is 0 Å². The number of hydrogen-bond donors (Lipinski definition) is 0. The predicted octanol–water partition coefficient (Wildman–Crippen LogP) is 9.50. The summed E-state index contributed by atoms with van der Waals surface area (Å²) in [6.07, 6.45) is 22.7. The van der Waals surface area contributed by atoms with Gasteiger partial charge in [-0.25, -0.2) is 0 Å².